The van der Waals surface area contributed by atoms with Crippen molar-refractivity contribution in [1.82, 2.24) is 15.3 Å². The first kappa shape index (κ1) is 14.0. The van der Waals surface area contributed by atoms with Gasteiger partial charge in [0.1, 0.15) is 11.6 Å². The van der Waals surface area contributed by atoms with Gasteiger partial charge in [-0.05, 0) is 31.2 Å². The van der Waals surface area contributed by atoms with Gasteiger partial charge in [0.25, 0.3) is 5.91 Å². The molecule has 0 aliphatic rings. The molecule has 1 heterocycles. The van der Waals surface area contributed by atoms with Crippen molar-refractivity contribution in [3.63, 3.8) is 0 Å². The average molecular weight is 277 g/mol. The molecule has 2 rings (SSSR count). The van der Waals surface area contributed by atoms with E-state index < -0.39 is 6.10 Å². The second kappa shape index (κ2) is 6.70. The van der Waals surface area contributed by atoms with Crippen molar-refractivity contribution < 1.29 is 13.9 Å². The molecule has 1 unspecified atom stereocenters. The minimum atomic E-state index is -0.637. The third-order valence-corrected chi connectivity index (χ3v) is 2.74. The Morgan fingerprint density at radius 1 is 1.45 bits per heavy atom. The first-order valence-corrected chi connectivity index (χ1v) is 6.32. The van der Waals surface area contributed by atoms with Crippen LogP contribution < -0.4 is 10.1 Å². The molecule has 6 heteroatoms. The number of benzene rings is 1. The zero-order valence-electron chi connectivity index (χ0n) is 11.1. The quantitative estimate of drug-likeness (QED) is 0.844. The lowest BCUT2D eigenvalue weighted by atomic mass is 10.3. The van der Waals surface area contributed by atoms with Gasteiger partial charge in [-0.3, -0.25) is 4.79 Å². The molecule has 0 saturated heterocycles. The number of hydrogen-bond acceptors (Lipinski definition) is 3. The van der Waals surface area contributed by atoms with E-state index in [1.165, 1.54) is 24.3 Å². The van der Waals surface area contributed by atoms with Crippen LogP contribution in [0.5, 0.6) is 5.75 Å². The van der Waals surface area contributed by atoms with E-state index in [1.54, 1.807) is 19.4 Å². The summed E-state index contributed by atoms with van der Waals surface area (Å²) in [5.41, 5.74) is 0.956. The number of imidazole rings is 1. The molecule has 1 aromatic carbocycles. The lowest BCUT2D eigenvalue weighted by Gasteiger charge is -2.14. The molecule has 0 saturated carbocycles. The number of nitrogens with one attached hydrogen (secondary N) is 2. The molecule has 0 fully saturated rings. The summed E-state index contributed by atoms with van der Waals surface area (Å²) in [5.74, 6) is -0.0922. The Morgan fingerprint density at radius 3 is 2.85 bits per heavy atom. The van der Waals surface area contributed by atoms with Gasteiger partial charge in [-0.1, -0.05) is 0 Å². The first-order chi connectivity index (χ1) is 9.65. The number of ether oxygens (including phenoxy) is 1. The van der Waals surface area contributed by atoms with Crippen LogP contribution in [0, 0.1) is 5.82 Å². The zero-order chi connectivity index (χ0) is 14.4. The van der Waals surface area contributed by atoms with Crippen LogP contribution in [0.15, 0.2) is 36.8 Å². The number of rotatable bonds is 6. The highest BCUT2D eigenvalue weighted by molar-refractivity contribution is 5.80. The van der Waals surface area contributed by atoms with E-state index in [0.29, 0.717) is 18.7 Å². The van der Waals surface area contributed by atoms with Crippen molar-refractivity contribution in [3.8, 4) is 5.75 Å². The van der Waals surface area contributed by atoms with Crippen molar-refractivity contribution in [1.29, 1.82) is 0 Å². The number of amides is 1. The molecule has 0 bridgehead atoms. The largest absolute Gasteiger partial charge is 0.481 e. The molecular formula is C14H16FN3O2. The number of nitrogens with zero attached hydrogens (tertiary/aromatic N) is 1. The summed E-state index contributed by atoms with van der Waals surface area (Å²) in [6, 6.07) is 5.56. The van der Waals surface area contributed by atoms with Crippen LogP contribution in [-0.2, 0) is 11.2 Å². The molecule has 106 valence electrons. The van der Waals surface area contributed by atoms with Crippen molar-refractivity contribution in [2.24, 2.45) is 0 Å². The van der Waals surface area contributed by atoms with E-state index in [4.69, 9.17) is 4.74 Å². The number of carbonyl (C=O) groups is 1. The Bertz CT molecular complexity index is 540. The topological polar surface area (TPSA) is 67.0 Å². The predicted molar refractivity (Wildman–Crippen MR) is 71.8 cm³/mol. The zero-order valence-corrected chi connectivity index (χ0v) is 11.1. The average Bonchev–Trinajstić information content (AvgIpc) is 2.94. The maximum atomic E-state index is 12.7. The molecule has 20 heavy (non-hydrogen) atoms. The van der Waals surface area contributed by atoms with Gasteiger partial charge in [-0.2, -0.15) is 0 Å². The van der Waals surface area contributed by atoms with E-state index in [0.717, 1.165) is 5.69 Å². The van der Waals surface area contributed by atoms with E-state index in [-0.39, 0.29) is 11.7 Å². The molecule has 5 nitrogen and oxygen atoms in total. The fourth-order valence-electron chi connectivity index (χ4n) is 1.66. The Hall–Kier alpha value is -2.37. The minimum Gasteiger partial charge on any atom is -0.481 e. The summed E-state index contributed by atoms with van der Waals surface area (Å²) in [7, 11) is 0. The van der Waals surface area contributed by atoms with Crippen LogP contribution in [0.3, 0.4) is 0 Å². The van der Waals surface area contributed by atoms with Crippen molar-refractivity contribution in [2.45, 2.75) is 19.4 Å². The lowest BCUT2D eigenvalue weighted by molar-refractivity contribution is -0.127. The Balaban J connectivity index is 1.75. The number of H-pyrrole nitrogens is 1. The molecule has 1 atom stereocenters. The molecule has 2 aromatic rings. The Kier molecular flexibility index (Phi) is 4.70. The fraction of sp³-hybridized carbons (Fsp3) is 0.286. The molecular weight excluding hydrogens is 261 g/mol. The van der Waals surface area contributed by atoms with Crippen LogP contribution in [0.25, 0.3) is 0 Å². The van der Waals surface area contributed by atoms with Crippen LogP contribution in [0.2, 0.25) is 0 Å². The van der Waals surface area contributed by atoms with Crippen LogP contribution in [0.4, 0.5) is 4.39 Å². The SMILES string of the molecule is CC(Oc1ccc(F)cc1)C(=O)NCCc1cnc[nH]1. The predicted octanol–water partition coefficient (Wildman–Crippen LogP) is 1.67. The fourth-order valence-corrected chi connectivity index (χ4v) is 1.66. The van der Waals surface area contributed by atoms with Gasteiger partial charge >= 0.3 is 0 Å². The second-order valence-electron chi connectivity index (χ2n) is 4.33. The highest BCUT2D eigenvalue weighted by Crippen LogP contribution is 2.12. The summed E-state index contributed by atoms with van der Waals surface area (Å²) in [5, 5.41) is 2.77. The molecule has 1 aromatic heterocycles. The maximum absolute atomic E-state index is 12.7. The highest BCUT2D eigenvalue weighted by Gasteiger charge is 2.14. The number of halogens is 1. The number of aromatic amines is 1. The third-order valence-electron chi connectivity index (χ3n) is 2.74. The molecule has 0 aliphatic carbocycles. The van der Waals surface area contributed by atoms with Gasteiger partial charge in [-0.25, -0.2) is 9.37 Å². The third kappa shape index (κ3) is 4.08. The van der Waals surface area contributed by atoms with Gasteiger partial charge < -0.3 is 15.0 Å². The maximum Gasteiger partial charge on any atom is 0.260 e. The van der Waals surface area contributed by atoms with Crippen LogP contribution in [-0.4, -0.2) is 28.5 Å². The van der Waals surface area contributed by atoms with Gasteiger partial charge in [0, 0.05) is 24.9 Å². The van der Waals surface area contributed by atoms with Crippen molar-refractivity contribution in [2.75, 3.05) is 6.54 Å². The van der Waals surface area contributed by atoms with Gasteiger partial charge in [0.15, 0.2) is 6.10 Å². The minimum absolute atomic E-state index is 0.214. The summed E-state index contributed by atoms with van der Waals surface area (Å²) in [4.78, 5) is 18.7. The first-order valence-electron chi connectivity index (χ1n) is 6.32. The number of aromatic nitrogens is 2. The van der Waals surface area contributed by atoms with Crippen LogP contribution in [0.1, 0.15) is 12.6 Å². The van der Waals surface area contributed by atoms with Crippen LogP contribution >= 0.6 is 0 Å². The number of hydrogen-bond donors (Lipinski definition) is 2. The van der Waals surface area contributed by atoms with E-state index >= 15 is 0 Å². The summed E-state index contributed by atoms with van der Waals surface area (Å²) >= 11 is 0. The summed E-state index contributed by atoms with van der Waals surface area (Å²) in [6.45, 7) is 2.15. The van der Waals surface area contributed by atoms with E-state index in [9.17, 15) is 9.18 Å². The molecule has 1 amide bonds. The second-order valence-corrected chi connectivity index (χ2v) is 4.33. The molecule has 2 N–H and O–H groups in total. The van der Waals surface area contributed by atoms with E-state index in [1.807, 2.05) is 0 Å². The Morgan fingerprint density at radius 2 is 2.20 bits per heavy atom. The normalized spacial score (nSPS) is 11.9. The van der Waals surface area contributed by atoms with Crippen molar-refractivity contribution >= 4 is 5.91 Å². The lowest BCUT2D eigenvalue weighted by Crippen LogP contribution is -2.37. The van der Waals surface area contributed by atoms with Crippen molar-refractivity contribution in [3.05, 3.63) is 48.3 Å². The highest BCUT2D eigenvalue weighted by atomic mass is 19.1. The molecule has 0 spiro atoms. The monoisotopic (exact) mass is 277 g/mol. The Labute approximate surface area is 116 Å². The van der Waals surface area contributed by atoms with Gasteiger partial charge in [0.05, 0.1) is 6.33 Å². The molecule has 0 aliphatic heterocycles. The smallest absolute Gasteiger partial charge is 0.260 e. The molecule has 0 radical (unpaired) electrons. The number of carbonyl (C=O) groups excluding carboxylic acids is 1. The van der Waals surface area contributed by atoms with Gasteiger partial charge in [0.2, 0.25) is 0 Å². The van der Waals surface area contributed by atoms with Gasteiger partial charge in [-0.15, -0.1) is 0 Å². The summed E-state index contributed by atoms with van der Waals surface area (Å²) < 4.78 is 18.2. The summed E-state index contributed by atoms with van der Waals surface area (Å²) in [6.07, 6.45) is 3.35. The van der Waals surface area contributed by atoms with E-state index in [2.05, 4.69) is 15.3 Å². The standard InChI is InChI=1S/C14H16FN3O2/c1-10(20-13-4-2-11(15)3-5-13)14(19)17-7-6-12-8-16-9-18-12/h2-5,8-10H,6-7H2,1H3,(H,16,18)(H,17,19).